The number of carboxylic acids is 1. The summed E-state index contributed by atoms with van der Waals surface area (Å²) in [5, 5.41) is 12.4. The lowest BCUT2D eigenvalue weighted by Crippen LogP contribution is -2.45. The summed E-state index contributed by atoms with van der Waals surface area (Å²) in [7, 11) is 0. The third kappa shape index (κ3) is 2.29. The Morgan fingerprint density at radius 3 is 2.90 bits per heavy atom. The number of carbonyl (C=O) groups excluding carboxylic acids is 1. The Morgan fingerprint density at radius 1 is 1.35 bits per heavy atom. The van der Waals surface area contributed by atoms with Gasteiger partial charge in [0.05, 0.1) is 11.6 Å². The van der Waals surface area contributed by atoms with Gasteiger partial charge in [0.2, 0.25) is 5.91 Å². The fourth-order valence-corrected chi connectivity index (χ4v) is 3.11. The molecule has 2 N–H and O–H groups in total. The normalized spacial score (nSPS) is 21.6. The quantitative estimate of drug-likeness (QED) is 0.845. The maximum absolute atomic E-state index is 12.4. The number of fused-ring (bicyclic) bond motifs is 1. The minimum Gasteiger partial charge on any atom is -0.478 e. The molecular weight excluding hydrogens is 256 g/mol. The van der Waals surface area contributed by atoms with Gasteiger partial charge < -0.3 is 15.3 Å². The molecule has 0 radical (unpaired) electrons. The molecular formula is C15H18N2O3. The minimum atomic E-state index is -0.890. The third-order valence-electron chi connectivity index (χ3n) is 4.17. The third-order valence-corrected chi connectivity index (χ3v) is 4.17. The zero-order valence-electron chi connectivity index (χ0n) is 11.3. The first-order valence-electron chi connectivity index (χ1n) is 7.03. The molecule has 5 nitrogen and oxygen atoms in total. The van der Waals surface area contributed by atoms with Gasteiger partial charge in [0, 0.05) is 13.1 Å². The molecule has 2 aliphatic heterocycles. The summed E-state index contributed by atoms with van der Waals surface area (Å²) in [6, 6.07) is 5.25. The lowest BCUT2D eigenvalue weighted by Gasteiger charge is -2.31. The van der Waals surface area contributed by atoms with E-state index in [2.05, 4.69) is 5.32 Å². The van der Waals surface area contributed by atoms with Gasteiger partial charge in [0.15, 0.2) is 0 Å². The summed E-state index contributed by atoms with van der Waals surface area (Å²) in [4.78, 5) is 25.4. The zero-order chi connectivity index (χ0) is 14.1. The highest BCUT2D eigenvalue weighted by Crippen LogP contribution is 2.24. The number of nitrogens with zero attached hydrogens (tertiary/aromatic N) is 1. The van der Waals surface area contributed by atoms with E-state index >= 15 is 0 Å². The molecule has 2 heterocycles. The second kappa shape index (κ2) is 5.25. The Labute approximate surface area is 117 Å². The Bertz CT molecular complexity index is 550. The van der Waals surface area contributed by atoms with Gasteiger partial charge in [0.25, 0.3) is 0 Å². The highest BCUT2D eigenvalue weighted by atomic mass is 16.4. The van der Waals surface area contributed by atoms with Gasteiger partial charge in [-0.2, -0.15) is 0 Å². The Kier molecular flexibility index (Phi) is 3.44. The average Bonchev–Trinajstić information content (AvgIpc) is 2.99. The number of amides is 1. The fourth-order valence-electron chi connectivity index (χ4n) is 3.11. The second-order valence-corrected chi connectivity index (χ2v) is 5.41. The van der Waals surface area contributed by atoms with Crippen molar-refractivity contribution in [3.05, 3.63) is 34.9 Å². The summed E-state index contributed by atoms with van der Waals surface area (Å²) in [5.41, 5.74) is 2.21. The van der Waals surface area contributed by atoms with E-state index in [0.717, 1.165) is 30.5 Å². The number of rotatable bonds is 2. The number of hydrogen-bond donors (Lipinski definition) is 2. The molecule has 0 bridgehead atoms. The van der Waals surface area contributed by atoms with E-state index in [1.54, 1.807) is 12.1 Å². The highest BCUT2D eigenvalue weighted by molar-refractivity contribution is 5.90. The molecule has 1 unspecified atom stereocenters. The van der Waals surface area contributed by atoms with Crippen molar-refractivity contribution in [1.29, 1.82) is 0 Å². The SMILES string of the molecule is O=C(O)c1cccc2c1CCN(C(=O)C1CCCN1)C2. The number of carboxylic acid groups (broad SMARTS) is 1. The van der Waals surface area contributed by atoms with Crippen LogP contribution in [0.3, 0.4) is 0 Å². The summed E-state index contributed by atoms with van der Waals surface area (Å²) in [6.45, 7) is 2.03. The van der Waals surface area contributed by atoms with E-state index in [1.165, 1.54) is 0 Å². The van der Waals surface area contributed by atoms with Crippen LogP contribution in [0.4, 0.5) is 0 Å². The number of benzene rings is 1. The second-order valence-electron chi connectivity index (χ2n) is 5.41. The molecule has 1 atom stereocenters. The lowest BCUT2D eigenvalue weighted by atomic mass is 9.94. The molecule has 1 fully saturated rings. The number of hydrogen-bond acceptors (Lipinski definition) is 3. The standard InChI is InChI=1S/C15H18N2O3/c18-14(13-5-2-7-16-13)17-8-6-11-10(9-17)3-1-4-12(11)15(19)20/h1,3-4,13,16H,2,5-9H2,(H,19,20). The molecule has 3 rings (SSSR count). The molecule has 0 aromatic heterocycles. The molecule has 2 aliphatic rings. The van der Waals surface area contributed by atoms with Crippen molar-refractivity contribution in [2.24, 2.45) is 0 Å². The van der Waals surface area contributed by atoms with Gasteiger partial charge in [-0.25, -0.2) is 4.79 Å². The molecule has 0 aliphatic carbocycles. The summed E-state index contributed by atoms with van der Waals surface area (Å²) in [6.07, 6.45) is 2.57. The molecule has 0 saturated carbocycles. The summed E-state index contributed by atoms with van der Waals surface area (Å²) < 4.78 is 0. The first-order valence-corrected chi connectivity index (χ1v) is 7.03. The van der Waals surface area contributed by atoms with Crippen molar-refractivity contribution in [1.82, 2.24) is 10.2 Å². The van der Waals surface area contributed by atoms with Crippen LogP contribution in [-0.2, 0) is 17.8 Å². The fraction of sp³-hybridized carbons (Fsp3) is 0.467. The van der Waals surface area contributed by atoms with Crippen molar-refractivity contribution in [3.63, 3.8) is 0 Å². The van der Waals surface area contributed by atoms with Gasteiger partial charge in [-0.05, 0) is 43.0 Å². The zero-order valence-corrected chi connectivity index (χ0v) is 11.3. The van der Waals surface area contributed by atoms with Crippen LogP contribution >= 0.6 is 0 Å². The van der Waals surface area contributed by atoms with Crippen LogP contribution in [0.2, 0.25) is 0 Å². The predicted molar refractivity (Wildman–Crippen MR) is 73.5 cm³/mol. The number of nitrogens with one attached hydrogen (secondary N) is 1. The van der Waals surface area contributed by atoms with Gasteiger partial charge >= 0.3 is 5.97 Å². The predicted octanol–water partition coefficient (Wildman–Crippen LogP) is 1.02. The number of aromatic carboxylic acids is 1. The van der Waals surface area contributed by atoms with Crippen molar-refractivity contribution in [2.75, 3.05) is 13.1 Å². The minimum absolute atomic E-state index is 0.0563. The van der Waals surface area contributed by atoms with E-state index in [-0.39, 0.29) is 11.9 Å². The monoisotopic (exact) mass is 274 g/mol. The molecule has 0 spiro atoms. The molecule has 20 heavy (non-hydrogen) atoms. The smallest absolute Gasteiger partial charge is 0.335 e. The van der Waals surface area contributed by atoms with Crippen molar-refractivity contribution in [3.8, 4) is 0 Å². The highest BCUT2D eigenvalue weighted by Gasteiger charge is 2.30. The van der Waals surface area contributed by atoms with Gasteiger partial charge in [-0.15, -0.1) is 0 Å². The van der Waals surface area contributed by atoms with Crippen LogP contribution in [0.1, 0.15) is 34.3 Å². The lowest BCUT2D eigenvalue weighted by molar-refractivity contribution is -0.134. The molecule has 1 aromatic carbocycles. The first kappa shape index (κ1) is 13.1. The Morgan fingerprint density at radius 2 is 2.20 bits per heavy atom. The van der Waals surface area contributed by atoms with Crippen LogP contribution in [0.5, 0.6) is 0 Å². The maximum Gasteiger partial charge on any atom is 0.335 e. The number of carbonyl (C=O) groups is 2. The summed E-state index contributed by atoms with van der Waals surface area (Å²) in [5.74, 6) is -0.743. The van der Waals surface area contributed by atoms with E-state index in [1.807, 2.05) is 11.0 Å². The van der Waals surface area contributed by atoms with E-state index in [4.69, 9.17) is 0 Å². The van der Waals surface area contributed by atoms with E-state index in [0.29, 0.717) is 25.1 Å². The van der Waals surface area contributed by atoms with E-state index in [9.17, 15) is 14.7 Å². The largest absolute Gasteiger partial charge is 0.478 e. The van der Waals surface area contributed by atoms with Crippen LogP contribution in [0.15, 0.2) is 18.2 Å². The van der Waals surface area contributed by atoms with Crippen LogP contribution in [-0.4, -0.2) is 41.0 Å². The van der Waals surface area contributed by atoms with E-state index < -0.39 is 5.97 Å². The van der Waals surface area contributed by atoms with Crippen LogP contribution < -0.4 is 5.32 Å². The molecule has 1 saturated heterocycles. The molecule has 1 aromatic rings. The van der Waals surface area contributed by atoms with Gasteiger partial charge in [-0.3, -0.25) is 4.79 Å². The molecule has 5 heteroatoms. The van der Waals surface area contributed by atoms with Gasteiger partial charge in [0.1, 0.15) is 0 Å². The van der Waals surface area contributed by atoms with Crippen molar-refractivity contribution >= 4 is 11.9 Å². The molecule has 106 valence electrons. The first-order chi connectivity index (χ1) is 9.66. The van der Waals surface area contributed by atoms with Gasteiger partial charge in [-0.1, -0.05) is 12.1 Å². The Hall–Kier alpha value is -1.88. The topological polar surface area (TPSA) is 69.6 Å². The van der Waals surface area contributed by atoms with Crippen LogP contribution in [0, 0.1) is 0 Å². The maximum atomic E-state index is 12.4. The van der Waals surface area contributed by atoms with Crippen molar-refractivity contribution < 1.29 is 14.7 Å². The van der Waals surface area contributed by atoms with Crippen LogP contribution in [0.25, 0.3) is 0 Å². The Balaban J connectivity index is 1.80. The van der Waals surface area contributed by atoms with Crippen molar-refractivity contribution in [2.45, 2.75) is 31.8 Å². The molecule has 1 amide bonds. The average molecular weight is 274 g/mol. The summed E-state index contributed by atoms with van der Waals surface area (Å²) >= 11 is 0.